The summed E-state index contributed by atoms with van der Waals surface area (Å²) < 4.78 is 5.23. The fourth-order valence-corrected chi connectivity index (χ4v) is 3.03. The molecule has 0 atom stereocenters. The second-order valence-electron chi connectivity index (χ2n) is 6.86. The molecule has 1 aliphatic heterocycles. The number of nitrogens with zero attached hydrogens (tertiary/aromatic N) is 2. The SMILES string of the molecule is CC1(CNC(=O)CCc2nc(-c3ccc(Cl)cc3)no2)CCNCC1.Cl. The van der Waals surface area contributed by atoms with Gasteiger partial charge in [0, 0.05) is 30.0 Å². The molecular weight excluding hydrogens is 375 g/mol. The first-order valence-corrected chi connectivity index (χ1v) is 8.98. The lowest BCUT2D eigenvalue weighted by atomic mass is 9.81. The third-order valence-corrected chi connectivity index (χ3v) is 4.91. The molecule has 2 aromatic rings. The van der Waals surface area contributed by atoms with E-state index in [1.807, 2.05) is 12.1 Å². The normalized spacial score (nSPS) is 15.9. The molecule has 0 unspecified atom stereocenters. The van der Waals surface area contributed by atoms with Gasteiger partial charge in [-0.25, -0.2) is 0 Å². The number of hydrogen-bond donors (Lipinski definition) is 2. The highest BCUT2D eigenvalue weighted by Crippen LogP contribution is 2.26. The number of aromatic nitrogens is 2. The number of hydrogen-bond acceptors (Lipinski definition) is 5. The van der Waals surface area contributed by atoms with Gasteiger partial charge in [-0.05, 0) is 55.6 Å². The lowest BCUT2D eigenvalue weighted by molar-refractivity contribution is -0.121. The topological polar surface area (TPSA) is 80.1 Å². The number of benzene rings is 1. The molecule has 0 spiro atoms. The molecule has 8 heteroatoms. The Balaban J connectivity index is 0.00000243. The first-order valence-electron chi connectivity index (χ1n) is 8.60. The highest BCUT2D eigenvalue weighted by molar-refractivity contribution is 6.30. The summed E-state index contributed by atoms with van der Waals surface area (Å²) in [4.78, 5) is 16.4. The molecule has 0 radical (unpaired) electrons. The van der Waals surface area contributed by atoms with Crippen LogP contribution < -0.4 is 10.6 Å². The number of piperidine rings is 1. The van der Waals surface area contributed by atoms with E-state index in [0.717, 1.165) is 31.5 Å². The van der Waals surface area contributed by atoms with Crippen LogP contribution in [0, 0.1) is 5.41 Å². The predicted molar refractivity (Wildman–Crippen MR) is 104 cm³/mol. The van der Waals surface area contributed by atoms with Gasteiger partial charge in [0.15, 0.2) is 0 Å². The van der Waals surface area contributed by atoms with Crippen molar-refractivity contribution in [3.05, 3.63) is 35.2 Å². The van der Waals surface area contributed by atoms with Crippen molar-refractivity contribution in [1.29, 1.82) is 0 Å². The lowest BCUT2D eigenvalue weighted by Gasteiger charge is -2.34. The Bertz CT molecular complexity index is 712. The van der Waals surface area contributed by atoms with Crippen LogP contribution in [0.3, 0.4) is 0 Å². The molecule has 6 nitrogen and oxygen atoms in total. The van der Waals surface area contributed by atoms with E-state index in [9.17, 15) is 4.79 Å². The van der Waals surface area contributed by atoms with E-state index in [1.54, 1.807) is 12.1 Å². The summed E-state index contributed by atoms with van der Waals surface area (Å²) in [7, 11) is 0. The molecule has 3 rings (SSSR count). The van der Waals surface area contributed by atoms with Gasteiger partial charge in [-0.2, -0.15) is 4.98 Å². The van der Waals surface area contributed by atoms with E-state index in [0.29, 0.717) is 36.1 Å². The molecule has 1 saturated heterocycles. The third kappa shape index (κ3) is 5.69. The van der Waals surface area contributed by atoms with Crippen LogP contribution in [0.4, 0.5) is 0 Å². The first kappa shape index (κ1) is 20.7. The first-order chi connectivity index (χ1) is 12.0. The Labute approximate surface area is 164 Å². The van der Waals surface area contributed by atoms with Gasteiger partial charge in [-0.15, -0.1) is 12.4 Å². The van der Waals surface area contributed by atoms with Crippen LogP contribution in [-0.2, 0) is 11.2 Å². The van der Waals surface area contributed by atoms with E-state index in [4.69, 9.17) is 16.1 Å². The monoisotopic (exact) mass is 398 g/mol. The zero-order valence-corrected chi connectivity index (χ0v) is 16.3. The molecule has 1 aromatic heterocycles. The Kier molecular flexibility index (Phi) is 7.43. The van der Waals surface area contributed by atoms with E-state index >= 15 is 0 Å². The molecule has 1 fully saturated rings. The third-order valence-electron chi connectivity index (χ3n) is 4.66. The maximum Gasteiger partial charge on any atom is 0.227 e. The average Bonchev–Trinajstić information content (AvgIpc) is 3.08. The minimum atomic E-state index is 0. The van der Waals surface area contributed by atoms with Crippen molar-refractivity contribution in [2.75, 3.05) is 19.6 Å². The van der Waals surface area contributed by atoms with Crippen LogP contribution in [0.25, 0.3) is 11.4 Å². The number of carbonyl (C=O) groups is 1. The number of amides is 1. The van der Waals surface area contributed by atoms with Crippen molar-refractivity contribution in [2.24, 2.45) is 5.41 Å². The number of rotatable bonds is 6. The van der Waals surface area contributed by atoms with Gasteiger partial charge >= 0.3 is 0 Å². The summed E-state index contributed by atoms with van der Waals surface area (Å²) in [6.07, 6.45) is 2.95. The van der Waals surface area contributed by atoms with Crippen molar-refractivity contribution in [3.8, 4) is 11.4 Å². The molecule has 0 bridgehead atoms. The quantitative estimate of drug-likeness (QED) is 0.780. The molecule has 1 aliphatic rings. The Morgan fingerprint density at radius 1 is 1.31 bits per heavy atom. The number of halogens is 2. The number of aryl methyl sites for hydroxylation is 1. The lowest BCUT2D eigenvalue weighted by Crippen LogP contribution is -2.42. The van der Waals surface area contributed by atoms with Crippen LogP contribution in [0.5, 0.6) is 0 Å². The van der Waals surface area contributed by atoms with Crippen molar-refractivity contribution in [3.63, 3.8) is 0 Å². The van der Waals surface area contributed by atoms with E-state index in [1.165, 1.54) is 0 Å². The average molecular weight is 399 g/mol. The molecule has 1 aromatic carbocycles. The number of carbonyl (C=O) groups excluding carboxylic acids is 1. The summed E-state index contributed by atoms with van der Waals surface area (Å²) in [5, 5.41) is 11.0. The van der Waals surface area contributed by atoms with E-state index in [2.05, 4.69) is 27.7 Å². The van der Waals surface area contributed by atoms with Crippen molar-refractivity contribution in [2.45, 2.75) is 32.6 Å². The zero-order chi connectivity index (χ0) is 17.7. The van der Waals surface area contributed by atoms with Gasteiger partial charge in [-0.1, -0.05) is 23.7 Å². The highest BCUT2D eigenvalue weighted by Gasteiger charge is 2.26. The molecule has 142 valence electrons. The Morgan fingerprint density at radius 3 is 2.69 bits per heavy atom. The van der Waals surface area contributed by atoms with Gasteiger partial charge in [0.2, 0.25) is 17.6 Å². The number of nitrogens with one attached hydrogen (secondary N) is 2. The standard InChI is InChI=1S/C18H23ClN4O2.ClH/c1-18(8-10-20-11-9-18)12-21-15(24)6-7-16-22-17(23-25-16)13-2-4-14(19)5-3-13;/h2-5,20H,6-12H2,1H3,(H,21,24);1H. The zero-order valence-electron chi connectivity index (χ0n) is 14.8. The highest BCUT2D eigenvalue weighted by atomic mass is 35.5. The van der Waals surface area contributed by atoms with Crippen LogP contribution in [0.1, 0.15) is 32.1 Å². The second kappa shape index (κ2) is 9.35. The predicted octanol–water partition coefficient (Wildman–Crippen LogP) is 3.25. The minimum absolute atomic E-state index is 0. The fraction of sp³-hybridized carbons (Fsp3) is 0.500. The van der Waals surface area contributed by atoms with Gasteiger partial charge in [0.25, 0.3) is 0 Å². The molecule has 0 saturated carbocycles. The maximum absolute atomic E-state index is 12.1. The van der Waals surface area contributed by atoms with Crippen molar-refractivity contribution >= 4 is 29.9 Å². The molecule has 2 N–H and O–H groups in total. The summed E-state index contributed by atoms with van der Waals surface area (Å²) in [5.41, 5.74) is 1.02. The van der Waals surface area contributed by atoms with Crippen LogP contribution in [-0.4, -0.2) is 35.7 Å². The molecule has 1 amide bonds. The Morgan fingerprint density at radius 2 is 2.00 bits per heavy atom. The van der Waals surface area contributed by atoms with Gasteiger partial charge < -0.3 is 15.2 Å². The van der Waals surface area contributed by atoms with Crippen LogP contribution in [0.15, 0.2) is 28.8 Å². The van der Waals surface area contributed by atoms with Crippen LogP contribution in [0.2, 0.25) is 5.02 Å². The maximum atomic E-state index is 12.1. The minimum Gasteiger partial charge on any atom is -0.356 e. The van der Waals surface area contributed by atoms with Gasteiger partial charge in [0.1, 0.15) is 0 Å². The summed E-state index contributed by atoms with van der Waals surface area (Å²) >= 11 is 5.87. The fourth-order valence-electron chi connectivity index (χ4n) is 2.90. The van der Waals surface area contributed by atoms with Crippen LogP contribution >= 0.6 is 24.0 Å². The Hall–Kier alpha value is -1.63. The van der Waals surface area contributed by atoms with Crippen molar-refractivity contribution < 1.29 is 9.32 Å². The summed E-state index contributed by atoms with van der Waals surface area (Å²) in [5.74, 6) is 0.994. The van der Waals surface area contributed by atoms with E-state index in [-0.39, 0.29) is 23.7 Å². The second-order valence-corrected chi connectivity index (χ2v) is 7.29. The van der Waals surface area contributed by atoms with E-state index < -0.39 is 0 Å². The van der Waals surface area contributed by atoms with Gasteiger partial charge in [0.05, 0.1) is 0 Å². The molecule has 2 heterocycles. The molecular formula is C18H24Cl2N4O2. The summed E-state index contributed by atoms with van der Waals surface area (Å²) in [6.45, 7) is 4.97. The summed E-state index contributed by atoms with van der Waals surface area (Å²) in [6, 6.07) is 7.23. The smallest absolute Gasteiger partial charge is 0.227 e. The molecule has 0 aliphatic carbocycles. The van der Waals surface area contributed by atoms with Gasteiger partial charge in [-0.3, -0.25) is 4.79 Å². The largest absolute Gasteiger partial charge is 0.356 e. The van der Waals surface area contributed by atoms with Crippen molar-refractivity contribution in [1.82, 2.24) is 20.8 Å². The molecule has 26 heavy (non-hydrogen) atoms.